The molecule has 0 radical (unpaired) electrons. The third-order valence-electron chi connectivity index (χ3n) is 5.72. The fourth-order valence-corrected chi connectivity index (χ4v) is 3.59. The van der Waals surface area contributed by atoms with Gasteiger partial charge in [0.2, 0.25) is 5.91 Å². The highest BCUT2D eigenvalue weighted by molar-refractivity contribution is 5.81. The van der Waals surface area contributed by atoms with Gasteiger partial charge >= 0.3 is 0 Å². The van der Waals surface area contributed by atoms with E-state index in [1.807, 2.05) is 25.1 Å². The number of benzene rings is 2. The van der Waals surface area contributed by atoms with Crippen LogP contribution in [0.5, 0.6) is 5.75 Å². The molecular formula is C24H30FN3O3. The Labute approximate surface area is 183 Å². The Bertz CT molecular complexity index is 852. The number of amides is 2. The van der Waals surface area contributed by atoms with Gasteiger partial charge in [-0.1, -0.05) is 37.3 Å². The van der Waals surface area contributed by atoms with E-state index in [2.05, 4.69) is 29.3 Å². The highest BCUT2D eigenvalue weighted by Gasteiger charge is 2.27. The number of nitrogens with zero attached hydrogens (tertiary/aromatic N) is 2. The van der Waals surface area contributed by atoms with Crippen LogP contribution in [0, 0.1) is 5.82 Å². The van der Waals surface area contributed by atoms with Gasteiger partial charge in [-0.15, -0.1) is 0 Å². The molecule has 31 heavy (non-hydrogen) atoms. The van der Waals surface area contributed by atoms with E-state index in [1.54, 1.807) is 4.90 Å². The molecule has 0 saturated carbocycles. The number of rotatable bonds is 8. The number of hydrogen-bond donors (Lipinski definition) is 1. The van der Waals surface area contributed by atoms with Gasteiger partial charge in [-0.25, -0.2) is 4.39 Å². The van der Waals surface area contributed by atoms with Crippen molar-refractivity contribution in [2.45, 2.75) is 25.8 Å². The number of piperazine rings is 1. The van der Waals surface area contributed by atoms with E-state index in [4.69, 9.17) is 4.74 Å². The maximum absolute atomic E-state index is 12.9. The number of carbonyl (C=O) groups excluding carboxylic acids is 2. The average Bonchev–Trinajstić information content (AvgIpc) is 2.82. The topological polar surface area (TPSA) is 61.9 Å². The average molecular weight is 428 g/mol. The molecule has 1 saturated heterocycles. The standard InChI is InChI=1S/C24H30FN3O3/c1-18(20-6-4-3-5-7-20)16-26-24(30)19(2)27-12-14-28(15-13-27)23(29)17-31-22-10-8-21(25)9-11-22/h3-11,18-19H,12-17H2,1-2H3,(H,26,30). The zero-order valence-corrected chi connectivity index (χ0v) is 18.1. The van der Waals surface area contributed by atoms with Gasteiger partial charge in [0, 0.05) is 32.7 Å². The van der Waals surface area contributed by atoms with E-state index in [9.17, 15) is 14.0 Å². The van der Waals surface area contributed by atoms with Crippen LogP contribution < -0.4 is 10.1 Å². The van der Waals surface area contributed by atoms with E-state index in [0.29, 0.717) is 38.5 Å². The van der Waals surface area contributed by atoms with Crippen LogP contribution >= 0.6 is 0 Å². The molecule has 2 unspecified atom stereocenters. The van der Waals surface area contributed by atoms with Crippen molar-refractivity contribution in [3.63, 3.8) is 0 Å². The Morgan fingerprint density at radius 2 is 1.65 bits per heavy atom. The molecule has 0 aliphatic carbocycles. The summed E-state index contributed by atoms with van der Waals surface area (Å²) in [6, 6.07) is 15.5. The van der Waals surface area contributed by atoms with Crippen LogP contribution in [0.15, 0.2) is 54.6 Å². The lowest BCUT2D eigenvalue weighted by atomic mass is 10.0. The second-order valence-corrected chi connectivity index (χ2v) is 7.89. The van der Waals surface area contributed by atoms with Crippen molar-refractivity contribution in [3.8, 4) is 5.75 Å². The van der Waals surface area contributed by atoms with Gasteiger partial charge in [0.15, 0.2) is 6.61 Å². The molecule has 2 atom stereocenters. The number of nitrogens with one attached hydrogen (secondary N) is 1. The molecule has 0 aromatic heterocycles. The fourth-order valence-electron chi connectivity index (χ4n) is 3.59. The van der Waals surface area contributed by atoms with Crippen LogP contribution in [0.2, 0.25) is 0 Å². The first-order valence-corrected chi connectivity index (χ1v) is 10.7. The van der Waals surface area contributed by atoms with E-state index in [0.717, 1.165) is 0 Å². The molecule has 6 nitrogen and oxygen atoms in total. The van der Waals surface area contributed by atoms with Crippen molar-refractivity contribution in [1.29, 1.82) is 0 Å². The van der Waals surface area contributed by atoms with E-state index in [-0.39, 0.29) is 36.2 Å². The molecule has 3 rings (SSSR count). The minimum Gasteiger partial charge on any atom is -0.484 e. The Hall–Kier alpha value is -2.93. The minimum atomic E-state index is -0.345. The van der Waals surface area contributed by atoms with Gasteiger partial charge in [-0.3, -0.25) is 14.5 Å². The van der Waals surface area contributed by atoms with Crippen LogP contribution in [0.4, 0.5) is 4.39 Å². The Kier molecular flexibility index (Phi) is 8.00. The number of halogens is 1. The lowest BCUT2D eigenvalue weighted by molar-refractivity contribution is -0.136. The molecule has 2 amide bonds. The highest BCUT2D eigenvalue weighted by atomic mass is 19.1. The fraction of sp³-hybridized carbons (Fsp3) is 0.417. The first-order chi connectivity index (χ1) is 14.9. The monoisotopic (exact) mass is 427 g/mol. The first-order valence-electron chi connectivity index (χ1n) is 10.7. The van der Waals surface area contributed by atoms with E-state index < -0.39 is 0 Å². The summed E-state index contributed by atoms with van der Waals surface area (Å²) < 4.78 is 18.4. The van der Waals surface area contributed by atoms with Crippen LogP contribution in [0.3, 0.4) is 0 Å². The third kappa shape index (κ3) is 6.52. The van der Waals surface area contributed by atoms with Gasteiger partial charge in [0.05, 0.1) is 6.04 Å². The molecule has 7 heteroatoms. The summed E-state index contributed by atoms with van der Waals surface area (Å²) in [5, 5.41) is 3.05. The summed E-state index contributed by atoms with van der Waals surface area (Å²) in [6.07, 6.45) is 0. The summed E-state index contributed by atoms with van der Waals surface area (Å²) in [4.78, 5) is 28.8. The summed E-state index contributed by atoms with van der Waals surface area (Å²) in [7, 11) is 0. The number of hydrogen-bond acceptors (Lipinski definition) is 4. The Morgan fingerprint density at radius 1 is 1.00 bits per heavy atom. The summed E-state index contributed by atoms with van der Waals surface area (Å²) in [6.45, 7) is 6.85. The third-order valence-corrected chi connectivity index (χ3v) is 5.72. The zero-order chi connectivity index (χ0) is 22.2. The minimum absolute atomic E-state index is 0.00204. The second kappa shape index (κ2) is 10.9. The molecule has 2 aromatic carbocycles. The van der Waals surface area contributed by atoms with Crippen LogP contribution in [-0.2, 0) is 9.59 Å². The quantitative estimate of drug-likeness (QED) is 0.704. The second-order valence-electron chi connectivity index (χ2n) is 7.89. The predicted octanol–water partition coefficient (Wildman–Crippen LogP) is 2.66. The number of carbonyl (C=O) groups is 2. The molecule has 1 fully saturated rings. The maximum Gasteiger partial charge on any atom is 0.260 e. The van der Waals surface area contributed by atoms with Crippen molar-refractivity contribution in [3.05, 3.63) is 66.0 Å². The first kappa shape index (κ1) is 22.7. The van der Waals surface area contributed by atoms with Gasteiger partial charge in [-0.05, 0) is 42.7 Å². The molecule has 0 spiro atoms. The highest BCUT2D eigenvalue weighted by Crippen LogP contribution is 2.14. The van der Waals surface area contributed by atoms with Crippen LogP contribution in [-0.4, -0.2) is 67.0 Å². The normalized spacial score (nSPS) is 16.4. The molecule has 1 aliphatic rings. The lowest BCUT2D eigenvalue weighted by Crippen LogP contribution is -2.55. The molecule has 166 valence electrons. The number of ether oxygens (including phenoxy) is 1. The van der Waals surface area contributed by atoms with Gasteiger partial charge in [0.1, 0.15) is 11.6 Å². The molecule has 1 N–H and O–H groups in total. The summed E-state index contributed by atoms with van der Waals surface area (Å²) in [5.41, 5.74) is 1.20. The molecule has 0 bridgehead atoms. The maximum atomic E-state index is 12.9. The summed E-state index contributed by atoms with van der Waals surface area (Å²) >= 11 is 0. The Morgan fingerprint density at radius 3 is 2.29 bits per heavy atom. The molecular weight excluding hydrogens is 397 g/mol. The van der Waals surface area contributed by atoms with Crippen molar-refractivity contribution >= 4 is 11.8 Å². The molecule has 1 heterocycles. The van der Waals surface area contributed by atoms with Crippen molar-refractivity contribution in [1.82, 2.24) is 15.1 Å². The zero-order valence-electron chi connectivity index (χ0n) is 18.1. The van der Waals surface area contributed by atoms with Crippen molar-refractivity contribution < 1.29 is 18.7 Å². The van der Waals surface area contributed by atoms with Gasteiger partial charge in [0.25, 0.3) is 5.91 Å². The summed E-state index contributed by atoms with van der Waals surface area (Å²) in [5.74, 6) is 0.249. The molecule has 2 aromatic rings. The smallest absolute Gasteiger partial charge is 0.260 e. The molecule has 1 aliphatic heterocycles. The Balaban J connectivity index is 1.39. The van der Waals surface area contributed by atoms with Crippen molar-refractivity contribution in [2.24, 2.45) is 0 Å². The van der Waals surface area contributed by atoms with Gasteiger partial charge in [-0.2, -0.15) is 0 Å². The van der Waals surface area contributed by atoms with Gasteiger partial charge < -0.3 is 15.0 Å². The van der Waals surface area contributed by atoms with E-state index >= 15 is 0 Å². The predicted molar refractivity (Wildman–Crippen MR) is 117 cm³/mol. The SMILES string of the molecule is CC(CNC(=O)C(C)N1CCN(C(=O)COc2ccc(F)cc2)CC1)c1ccccc1. The van der Waals surface area contributed by atoms with Crippen LogP contribution in [0.1, 0.15) is 25.3 Å². The van der Waals surface area contributed by atoms with E-state index in [1.165, 1.54) is 29.8 Å². The van der Waals surface area contributed by atoms with Crippen molar-refractivity contribution in [2.75, 3.05) is 39.3 Å². The largest absolute Gasteiger partial charge is 0.484 e. The lowest BCUT2D eigenvalue weighted by Gasteiger charge is -2.37. The van der Waals surface area contributed by atoms with Crippen LogP contribution in [0.25, 0.3) is 0 Å².